The summed E-state index contributed by atoms with van der Waals surface area (Å²) < 4.78 is 6.03. The molecule has 1 aromatic carbocycles. The zero-order valence-electron chi connectivity index (χ0n) is 21.5. The Balaban J connectivity index is 1.46. The number of hydrogen-bond donors (Lipinski definition) is 1. The van der Waals surface area contributed by atoms with Crippen LogP contribution in [0.3, 0.4) is 0 Å². The standard InChI is InChI=1S/C29H42N2O2/c1-7-19-10-9-18(3)24(15-19)30-25(32)16-21(8-2)27-26(22-11-12-22)28(33-31-27)23-13-20(14-23)17-29(4,5)6/h9-10,15,20-23H,7-8,11-14,16-17H2,1-6H3,(H,30,32). The average Bonchev–Trinajstić information content (AvgIpc) is 3.48. The van der Waals surface area contributed by atoms with Gasteiger partial charge in [-0.25, -0.2) is 0 Å². The number of aryl methyl sites for hydroxylation is 2. The predicted molar refractivity (Wildman–Crippen MR) is 135 cm³/mol. The van der Waals surface area contributed by atoms with Crippen LogP contribution in [0.5, 0.6) is 0 Å². The van der Waals surface area contributed by atoms with Gasteiger partial charge in [-0.15, -0.1) is 0 Å². The van der Waals surface area contributed by atoms with Gasteiger partial charge in [0, 0.05) is 29.5 Å². The SMILES string of the molecule is CCc1ccc(C)c(NC(=O)CC(CC)c2noc(C3CC(CC(C)(C)C)C3)c2C2CC2)c1. The van der Waals surface area contributed by atoms with Crippen molar-refractivity contribution in [3.63, 3.8) is 0 Å². The number of anilines is 1. The van der Waals surface area contributed by atoms with Gasteiger partial charge in [-0.3, -0.25) is 4.79 Å². The van der Waals surface area contributed by atoms with Crippen molar-refractivity contribution < 1.29 is 9.32 Å². The molecule has 1 atom stereocenters. The number of benzene rings is 1. The Bertz CT molecular complexity index is 974. The molecule has 4 nitrogen and oxygen atoms in total. The summed E-state index contributed by atoms with van der Waals surface area (Å²) in [6.45, 7) is 13.3. The van der Waals surface area contributed by atoms with Crippen LogP contribution in [0.2, 0.25) is 0 Å². The van der Waals surface area contributed by atoms with E-state index < -0.39 is 0 Å². The molecule has 2 aliphatic carbocycles. The second kappa shape index (κ2) is 9.64. The third-order valence-electron chi connectivity index (χ3n) is 7.57. The molecule has 1 unspecified atom stereocenters. The van der Waals surface area contributed by atoms with E-state index in [0.717, 1.165) is 41.5 Å². The van der Waals surface area contributed by atoms with Crippen LogP contribution in [0, 0.1) is 18.3 Å². The molecule has 0 bridgehead atoms. The van der Waals surface area contributed by atoms with E-state index in [4.69, 9.17) is 4.52 Å². The van der Waals surface area contributed by atoms with Crippen LogP contribution < -0.4 is 5.32 Å². The van der Waals surface area contributed by atoms with Gasteiger partial charge in [0.1, 0.15) is 5.76 Å². The largest absolute Gasteiger partial charge is 0.361 e. The lowest BCUT2D eigenvalue weighted by Gasteiger charge is -2.38. The average molecular weight is 451 g/mol. The zero-order chi connectivity index (χ0) is 23.8. The normalized spacial score (nSPS) is 21.5. The highest BCUT2D eigenvalue weighted by Crippen LogP contribution is 2.53. The minimum atomic E-state index is 0.0679. The smallest absolute Gasteiger partial charge is 0.225 e. The molecule has 1 aromatic heterocycles. The summed E-state index contributed by atoms with van der Waals surface area (Å²) >= 11 is 0. The Hall–Kier alpha value is -2.10. The Morgan fingerprint density at radius 3 is 2.52 bits per heavy atom. The lowest BCUT2D eigenvalue weighted by atomic mass is 9.67. The van der Waals surface area contributed by atoms with Crippen LogP contribution in [0.25, 0.3) is 0 Å². The fraction of sp³-hybridized carbons (Fsp3) is 0.655. The Labute approximate surface area is 199 Å². The molecule has 4 rings (SSSR count). The lowest BCUT2D eigenvalue weighted by molar-refractivity contribution is -0.116. The van der Waals surface area contributed by atoms with Gasteiger partial charge >= 0.3 is 0 Å². The maximum Gasteiger partial charge on any atom is 0.225 e. The molecule has 2 saturated carbocycles. The molecule has 0 spiro atoms. The van der Waals surface area contributed by atoms with Crippen molar-refractivity contribution in [2.75, 3.05) is 5.32 Å². The number of aromatic nitrogens is 1. The van der Waals surface area contributed by atoms with Gasteiger partial charge in [-0.2, -0.15) is 0 Å². The van der Waals surface area contributed by atoms with Crippen molar-refractivity contribution in [3.8, 4) is 0 Å². The lowest BCUT2D eigenvalue weighted by Crippen LogP contribution is -2.26. The van der Waals surface area contributed by atoms with Crippen LogP contribution in [0.15, 0.2) is 22.7 Å². The molecule has 2 aliphatic rings. The highest BCUT2D eigenvalue weighted by atomic mass is 16.5. The van der Waals surface area contributed by atoms with E-state index in [0.29, 0.717) is 23.7 Å². The predicted octanol–water partition coefficient (Wildman–Crippen LogP) is 7.88. The van der Waals surface area contributed by atoms with Crippen LogP contribution in [0.1, 0.15) is 125 Å². The van der Waals surface area contributed by atoms with Gasteiger partial charge < -0.3 is 9.84 Å². The number of carbonyl (C=O) groups is 1. The summed E-state index contributed by atoms with van der Waals surface area (Å²) in [4.78, 5) is 13.0. The van der Waals surface area contributed by atoms with Crippen molar-refractivity contribution in [2.45, 2.75) is 111 Å². The van der Waals surface area contributed by atoms with Crippen molar-refractivity contribution in [1.82, 2.24) is 5.16 Å². The Morgan fingerprint density at radius 1 is 1.18 bits per heavy atom. The second-order valence-corrected chi connectivity index (χ2v) is 11.8. The van der Waals surface area contributed by atoms with Crippen molar-refractivity contribution in [2.24, 2.45) is 11.3 Å². The molecule has 180 valence electrons. The fourth-order valence-corrected chi connectivity index (χ4v) is 5.56. The van der Waals surface area contributed by atoms with E-state index in [1.165, 1.54) is 43.2 Å². The summed E-state index contributed by atoms with van der Waals surface area (Å²) in [6.07, 6.45) is 8.48. The molecule has 0 radical (unpaired) electrons. The highest BCUT2D eigenvalue weighted by molar-refractivity contribution is 5.92. The minimum absolute atomic E-state index is 0.0679. The number of carbonyl (C=O) groups excluding carboxylic acids is 1. The number of nitrogens with zero attached hydrogens (tertiary/aromatic N) is 1. The van der Waals surface area contributed by atoms with E-state index in [-0.39, 0.29) is 11.8 Å². The third-order valence-corrected chi connectivity index (χ3v) is 7.57. The van der Waals surface area contributed by atoms with Crippen LogP contribution in [-0.2, 0) is 11.2 Å². The van der Waals surface area contributed by atoms with Gasteiger partial charge in [0.15, 0.2) is 0 Å². The first-order valence-electron chi connectivity index (χ1n) is 13.1. The van der Waals surface area contributed by atoms with E-state index in [2.05, 4.69) is 63.3 Å². The molecule has 1 heterocycles. The molecular formula is C29H42N2O2. The van der Waals surface area contributed by atoms with Crippen molar-refractivity contribution in [1.29, 1.82) is 0 Å². The summed E-state index contributed by atoms with van der Waals surface area (Å²) in [5, 5.41) is 7.77. The number of amides is 1. The molecule has 4 heteroatoms. The maximum absolute atomic E-state index is 13.0. The number of hydrogen-bond acceptors (Lipinski definition) is 3. The molecular weight excluding hydrogens is 408 g/mol. The van der Waals surface area contributed by atoms with Gasteiger partial charge in [-0.05, 0) is 86.3 Å². The molecule has 33 heavy (non-hydrogen) atoms. The quantitative estimate of drug-likeness (QED) is 0.423. The Kier molecular flexibility index (Phi) is 7.02. The summed E-state index contributed by atoms with van der Waals surface area (Å²) in [5.74, 6) is 3.22. The van der Waals surface area contributed by atoms with E-state index >= 15 is 0 Å². The fourth-order valence-electron chi connectivity index (χ4n) is 5.56. The molecule has 1 N–H and O–H groups in total. The summed E-state index contributed by atoms with van der Waals surface area (Å²) in [5.41, 5.74) is 6.08. The monoisotopic (exact) mass is 450 g/mol. The first-order valence-corrected chi connectivity index (χ1v) is 13.1. The third kappa shape index (κ3) is 5.70. The van der Waals surface area contributed by atoms with Crippen LogP contribution in [-0.4, -0.2) is 11.1 Å². The van der Waals surface area contributed by atoms with Crippen LogP contribution in [0.4, 0.5) is 5.69 Å². The molecule has 0 aliphatic heterocycles. The number of nitrogens with one attached hydrogen (secondary N) is 1. The highest BCUT2D eigenvalue weighted by Gasteiger charge is 2.42. The number of rotatable bonds is 9. The van der Waals surface area contributed by atoms with Gasteiger partial charge in [0.05, 0.1) is 5.69 Å². The van der Waals surface area contributed by atoms with E-state index in [1.807, 2.05) is 6.92 Å². The topological polar surface area (TPSA) is 55.1 Å². The van der Waals surface area contributed by atoms with Crippen molar-refractivity contribution >= 4 is 11.6 Å². The first-order chi connectivity index (χ1) is 15.7. The van der Waals surface area contributed by atoms with Crippen LogP contribution >= 0.6 is 0 Å². The first kappa shape index (κ1) is 24.0. The summed E-state index contributed by atoms with van der Waals surface area (Å²) in [6, 6.07) is 6.32. The maximum atomic E-state index is 13.0. The molecule has 2 aromatic rings. The second-order valence-electron chi connectivity index (χ2n) is 11.8. The van der Waals surface area contributed by atoms with E-state index in [1.54, 1.807) is 0 Å². The van der Waals surface area contributed by atoms with Gasteiger partial charge in [0.25, 0.3) is 0 Å². The molecule has 0 saturated heterocycles. The molecule has 1 amide bonds. The Morgan fingerprint density at radius 2 is 1.91 bits per heavy atom. The zero-order valence-corrected chi connectivity index (χ0v) is 21.5. The van der Waals surface area contributed by atoms with Gasteiger partial charge in [0.2, 0.25) is 5.91 Å². The van der Waals surface area contributed by atoms with E-state index in [9.17, 15) is 4.79 Å². The molecule has 2 fully saturated rings. The minimum Gasteiger partial charge on any atom is -0.361 e. The summed E-state index contributed by atoms with van der Waals surface area (Å²) in [7, 11) is 0. The van der Waals surface area contributed by atoms with Gasteiger partial charge in [-0.1, -0.05) is 51.9 Å². The van der Waals surface area contributed by atoms with Crippen molar-refractivity contribution in [3.05, 3.63) is 46.3 Å².